The van der Waals surface area contributed by atoms with E-state index in [2.05, 4.69) is 34.0 Å². The fourth-order valence-electron chi connectivity index (χ4n) is 3.22. The minimum absolute atomic E-state index is 0. The summed E-state index contributed by atoms with van der Waals surface area (Å²) in [6, 6.07) is 0. The Bertz CT molecular complexity index is 527. The molecule has 2 heterocycles. The van der Waals surface area contributed by atoms with Crippen molar-refractivity contribution in [2.45, 2.75) is 26.7 Å². The van der Waals surface area contributed by atoms with Gasteiger partial charge < -0.3 is 20.0 Å². The van der Waals surface area contributed by atoms with Crippen LogP contribution in [-0.4, -0.2) is 110 Å². The molecule has 0 aromatic carbocycles. The summed E-state index contributed by atoms with van der Waals surface area (Å²) in [5, 5.41) is 3.40. The van der Waals surface area contributed by atoms with Crippen molar-refractivity contribution in [3.05, 3.63) is 0 Å². The summed E-state index contributed by atoms with van der Waals surface area (Å²) in [4.78, 5) is 36.7. The Morgan fingerprint density at radius 2 is 1.61 bits per heavy atom. The number of carbonyl (C=O) groups is 2. The first-order valence-electron chi connectivity index (χ1n) is 10.1. The van der Waals surface area contributed by atoms with Gasteiger partial charge in [0, 0.05) is 59.9 Å². The highest BCUT2D eigenvalue weighted by molar-refractivity contribution is 14.0. The van der Waals surface area contributed by atoms with E-state index in [1.54, 1.807) is 19.0 Å². The number of likely N-dealkylation sites (tertiary alicyclic amines) is 1. The maximum Gasteiger partial charge on any atom is 0.243 e. The number of nitrogens with one attached hydrogen (secondary N) is 1. The fourth-order valence-corrected chi connectivity index (χ4v) is 3.22. The predicted molar refractivity (Wildman–Crippen MR) is 123 cm³/mol. The molecule has 2 fully saturated rings. The average molecular weight is 508 g/mol. The summed E-state index contributed by atoms with van der Waals surface area (Å²) in [5.41, 5.74) is 0. The first kappa shape index (κ1) is 24.9. The maximum absolute atomic E-state index is 12.3. The molecule has 0 aliphatic carbocycles. The van der Waals surface area contributed by atoms with Gasteiger partial charge in [-0.15, -0.1) is 24.0 Å². The van der Waals surface area contributed by atoms with Crippen LogP contribution in [0.2, 0.25) is 0 Å². The van der Waals surface area contributed by atoms with Crippen LogP contribution in [0.25, 0.3) is 0 Å². The number of hydrogen-bond acceptors (Lipinski definition) is 4. The molecule has 2 amide bonds. The number of piperazine rings is 1. The molecule has 2 saturated heterocycles. The van der Waals surface area contributed by atoms with E-state index in [-0.39, 0.29) is 42.3 Å². The van der Waals surface area contributed by atoms with E-state index in [1.807, 2.05) is 4.90 Å². The smallest absolute Gasteiger partial charge is 0.243 e. The first-order valence-corrected chi connectivity index (χ1v) is 10.1. The molecule has 1 N–H and O–H groups in total. The van der Waals surface area contributed by atoms with Crippen molar-refractivity contribution in [2.24, 2.45) is 10.9 Å². The lowest BCUT2D eigenvalue weighted by atomic mass is 10.2. The first-order chi connectivity index (χ1) is 12.9. The third-order valence-electron chi connectivity index (χ3n) is 5.02. The molecule has 0 radical (unpaired) electrons. The Hall–Kier alpha value is -1.10. The lowest BCUT2D eigenvalue weighted by Crippen LogP contribution is -2.54. The molecule has 0 atom stereocenters. The van der Waals surface area contributed by atoms with Crippen LogP contribution in [0.1, 0.15) is 26.7 Å². The van der Waals surface area contributed by atoms with Crippen molar-refractivity contribution in [2.75, 3.05) is 73.0 Å². The molecule has 8 nitrogen and oxygen atoms in total. The summed E-state index contributed by atoms with van der Waals surface area (Å²) in [6.07, 6.45) is 2.26. The number of halogens is 1. The number of nitrogens with zero attached hydrogens (tertiary/aromatic N) is 5. The van der Waals surface area contributed by atoms with Crippen LogP contribution in [0.3, 0.4) is 0 Å². The van der Waals surface area contributed by atoms with Gasteiger partial charge in [-0.2, -0.15) is 0 Å². The minimum atomic E-state index is -0.00584. The Balaban J connectivity index is 0.00000392. The average Bonchev–Trinajstić information content (AvgIpc) is 3.17. The zero-order valence-electron chi connectivity index (χ0n) is 17.8. The third-order valence-corrected chi connectivity index (χ3v) is 5.02. The minimum Gasteiger partial charge on any atom is -0.356 e. The predicted octanol–water partition coefficient (Wildman–Crippen LogP) is 0.534. The zero-order chi connectivity index (χ0) is 19.8. The second-order valence-corrected chi connectivity index (χ2v) is 8.05. The molecule has 0 unspecified atom stereocenters. The Morgan fingerprint density at radius 3 is 2.14 bits per heavy atom. The van der Waals surface area contributed by atoms with Gasteiger partial charge >= 0.3 is 0 Å². The van der Waals surface area contributed by atoms with Gasteiger partial charge in [0.15, 0.2) is 5.96 Å². The highest BCUT2D eigenvalue weighted by Crippen LogP contribution is 2.09. The fraction of sp³-hybridized carbons (Fsp3) is 0.842. The van der Waals surface area contributed by atoms with Crippen LogP contribution in [0.15, 0.2) is 4.99 Å². The molecule has 162 valence electrons. The second-order valence-electron chi connectivity index (χ2n) is 8.05. The summed E-state index contributed by atoms with van der Waals surface area (Å²) in [5.74, 6) is 1.54. The highest BCUT2D eigenvalue weighted by Gasteiger charge is 2.24. The van der Waals surface area contributed by atoms with Crippen molar-refractivity contribution in [1.29, 1.82) is 0 Å². The number of aliphatic imine (C=N–C) groups is 1. The van der Waals surface area contributed by atoms with Gasteiger partial charge in [-0.05, 0) is 18.8 Å². The summed E-state index contributed by atoms with van der Waals surface area (Å²) in [7, 11) is 3.49. The van der Waals surface area contributed by atoms with Gasteiger partial charge in [0.2, 0.25) is 11.8 Å². The second kappa shape index (κ2) is 12.5. The lowest BCUT2D eigenvalue weighted by Gasteiger charge is -2.37. The van der Waals surface area contributed by atoms with E-state index >= 15 is 0 Å². The van der Waals surface area contributed by atoms with Gasteiger partial charge in [0.1, 0.15) is 6.54 Å². The van der Waals surface area contributed by atoms with Crippen LogP contribution in [-0.2, 0) is 9.59 Å². The SMILES string of the molecule is CC(C)CNC(=NCC(=O)N(C)C)N1CCN(CC(=O)N2CCCC2)CC1.I. The van der Waals surface area contributed by atoms with Crippen molar-refractivity contribution >= 4 is 41.8 Å². The van der Waals surface area contributed by atoms with E-state index in [1.165, 1.54) is 0 Å². The monoisotopic (exact) mass is 508 g/mol. The standard InChI is InChI=1S/C19H36N6O2.HI/c1-16(2)13-20-19(21-14-17(26)22(3)4)25-11-9-23(10-12-25)15-18(27)24-7-5-6-8-24;/h16H,5-15H2,1-4H3,(H,20,21);1H. The van der Waals surface area contributed by atoms with E-state index in [0.717, 1.165) is 64.6 Å². The number of carbonyl (C=O) groups excluding carboxylic acids is 2. The van der Waals surface area contributed by atoms with E-state index in [0.29, 0.717) is 12.5 Å². The van der Waals surface area contributed by atoms with E-state index in [4.69, 9.17) is 0 Å². The van der Waals surface area contributed by atoms with Crippen LogP contribution in [0.4, 0.5) is 0 Å². The van der Waals surface area contributed by atoms with Gasteiger partial charge in [0.05, 0.1) is 6.54 Å². The molecule has 2 aliphatic rings. The Kier molecular flexibility index (Phi) is 11.1. The summed E-state index contributed by atoms with van der Waals surface area (Å²) in [6.45, 7) is 10.9. The molecular weight excluding hydrogens is 471 g/mol. The molecule has 2 rings (SSSR count). The van der Waals surface area contributed by atoms with Gasteiger partial charge in [-0.1, -0.05) is 13.8 Å². The van der Waals surface area contributed by atoms with Crippen LogP contribution in [0.5, 0.6) is 0 Å². The van der Waals surface area contributed by atoms with Crippen molar-refractivity contribution in [3.63, 3.8) is 0 Å². The van der Waals surface area contributed by atoms with E-state index < -0.39 is 0 Å². The van der Waals surface area contributed by atoms with E-state index in [9.17, 15) is 9.59 Å². The van der Waals surface area contributed by atoms with Gasteiger partial charge in [0.25, 0.3) is 0 Å². The quantitative estimate of drug-likeness (QED) is 0.322. The number of likely N-dealkylation sites (N-methyl/N-ethyl adjacent to an activating group) is 1. The van der Waals surface area contributed by atoms with Crippen molar-refractivity contribution < 1.29 is 9.59 Å². The normalized spacial score (nSPS) is 18.2. The maximum atomic E-state index is 12.3. The molecular formula is C19H37IN6O2. The molecule has 9 heteroatoms. The third kappa shape index (κ3) is 8.10. The number of guanidine groups is 1. The number of rotatable bonds is 6. The summed E-state index contributed by atoms with van der Waals surface area (Å²) >= 11 is 0. The van der Waals surface area contributed by atoms with Crippen molar-refractivity contribution in [3.8, 4) is 0 Å². The molecule has 0 aromatic heterocycles. The van der Waals surface area contributed by atoms with Crippen LogP contribution in [0, 0.1) is 5.92 Å². The highest BCUT2D eigenvalue weighted by atomic mass is 127. The van der Waals surface area contributed by atoms with Crippen molar-refractivity contribution in [1.82, 2.24) is 24.9 Å². The summed E-state index contributed by atoms with van der Waals surface area (Å²) < 4.78 is 0. The molecule has 0 bridgehead atoms. The van der Waals surface area contributed by atoms with Crippen LogP contribution < -0.4 is 5.32 Å². The molecule has 0 saturated carbocycles. The topological polar surface area (TPSA) is 71.5 Å². The molecule has 28 heavy (non-hydrogen) atoms. The van der Waals surface area contributed by atoms with Gasteiger partial charge in [-0.3, -0.25) is 14.5 Å². The van der Waals surface area contributed by atoms with Crippen LogP contribution >= 0.6 is 24.0 Å². The number of hydrogen-bond donors (Lipinski definition) is 1. The number of amides is 2. The Labute approximate surface area is 186 Å². The van der Waals surface area contributed by atoms with Gasteiger partial charge in [-0.25, -0.2) is 4.99 Å². The molecule has 2 aliphatic heterocycles. The Morgan fingerprint density at radius 1 is 1.00 bits per heavy atom. The molecule has 0 aromatic rings. The lowest BCUT2D eigenvalue weighted by molar-refractivity contribution is -0.131. The zero-order valence-corrected chi connectivity index (χ0v) is 20.1. The molecule has 0 spiro atoms. The largest absolute Gasteiger partial charge is 0.356 e.